The van der Waals surface area contributed by atoms with Crippen molar-refractivity contribution < 1.29 is 0 Å². The molecule has 0 aliphatic carbocycles. The summed E-state index contributed by atoms with van der Waals surface area (Å²) in [7, 11) is 0. The standard InChI is InChI=1S/C13H14N4.2ClH/c1-9-11(17-13-15-7-8-16-13)5-4-10-3-2-6-14-12(9)10;;/h2-6H,7-8H2,1H3,(H2,15,16,17);2*1H. The van der Waals surface area contributed by atoms with Crippen molar-refractivity contribution in [3.05, 3.63) is 36.0 Å². The van der Waals surface area contributed by atoms with Gasteiger partial charge >= 0.3 is 0 Å². The number of guanidine groups is 1. The highest BCUT2D eigenvalue weighted by Gasteiger charge is 2.08. The van der Waals surface area contributed by atoms with Crippen LogP contribution >= 0.6 is 24.8 Å². The number of hydrogen-bond donors (Lipinski definition) is 2. The van der Waals surface area contributed by atoms with Crippen LogP contribution in [0.25, 0.3) is 10.9 Å². The van der Waals surface area contributed by atoms with Crippen molar-refractivity contribution in [3.63, 3.8) is 0 Å². The molecule has 1 aromatic heterocycles. The van der Waals surface area contributed by atoms with Crippen LogP contribution < -0.4 is 10.6 Å². The minimum atomic E-state index is 0. The molecule has 0 atom stereocenters. The number of anilines is 1. The van der Waals surface area contributed by atoms with Crippen LogP contribution in [0.5, 0.6) is 0 Å². The van der Waals surface area contributed by atoms with Crippen molar-refractivity contribution in [1.29, 1.82) is 0 Å². The van der Waals surface area contributed by atoms with Crippen molar-refractivity contribution in [1.82, 2.24) is 10.3 Å². The van der Waals surface area contributed by atoms with Crippen LogP contribution in [0.4, 0.5) is 5.69 Å². The van der Waals surface area contributed by atoms with Crippen molar-refractivity contribution in [2.24, 2.45) is 4.99 Å². The van der Waals surface area contributed by atoms with Crippen LogP contribution in [0.2, 0.25) is 0 Å². The molecule has 0 fully saturated rings. The highest BCUT2D eigenvalue weighted by atomic mass is 35.5. The molecule has 102 valence electrons. The molecule has 0 radical (unpaired) electrons. The number of nitrogens with zero attached hydrogens (tertiary/aromatic N) is 2. The normalized spacial score (nSPS) is 13.0. The SMILES string of the molecule is Cc1c(NC2=NCCN2)ccc2cccnc12.Cl.Cl. The lowest BCUT2D eigenvalue weighted by molar-refractivity contribution is 0.959. The summed E-state index contributed by atoms with van der Waals surface area (Å²) < 4.78 is 0. The van der Waals surface area contributed by atoms with E-state index in [-0.39, 0.29) is 24.8 Å². The number of nitrogens with one attached hydrogen (secondary N) is 2. The lowest BCUT2D eigenvalue weighted by Crippen LogP contribution is -2.26. The van der Waals surface area contributed by atoms with E-state index in [1.807, 2.05) is 12.3 Å². The molecule has 0 spiro atoms. The van der Waals surface area contributed by atoms with E-state index in [0.29, 0.717) is 0 Å². The monoisotopic (exact) mass is 298 g/mol. The third-order valence-corrected chi connectivity index (χ3v) is 2.95. The average Bonchev–Trinajstić information content (AvgIpc) is 2.86. The Hall–Kier alpha value is -1.52. The van der Waals surface area contributed by atoms with Crippen LogP contribution in [-0.2, 0) is 0 Å². The first-order valence-electron chi connectivity index (χ1n) is 5.74. The molecule has 4 nitrogen and oxygen atoms in total. The van der Waals surface area contributed by atoms with Crippen LogP contribution in [-0.4, -0.2) is 24.0 Å². The molecular formula is C13H16Cl2N4. The zero-order chi connectivity index (χ0) is 11.7. The van der Waals surface area contributed by atoms with Gasteiger partial charge in [0.2, 0.25) is 0 Å². The van der Waals surface area contributed by atoms with Gasteiger partial charge in [0.1, 0.15) is 0 Å². The molecule has 0 bridgehead atoms. The number of fused-ring (bicyclic) bond motifs is 1. The van der Waals surface area contributed by atoms with Gasteiger partial charge in [-0.05, 0) is 24.6 Å². The maximum atomic E-state index is 4.42. The van der Waals surface area contributed by atoms with Crippen LogP contribution in [0, 0.1) is 6.92 Å². The molecule has 1 aliphatic rings. The maximum absolute atomic E-state index is 4.42. The average molecular weight is 299 g/mol. The van der Waals surface area contributed by atoms with E-state index in [2.05, 4.69) is 45.7 Å². The minimum absolute atomic E-state index is 0. The van der Waals surface area contributed by atoms with E-state index in [9.17, 15) is 0 Å². The first-order valence-corrected chi connectivity index (χ1v) is 5.74. The van der Waals surface area contributed by atoms with E-state index in [0.717, 1.165) is 41.2 Å². The molecule has 0 saturated heterocycles. The molecule has 2 N–H and O–H groups in total. The number of benzene rings is 1. The molecule has 1 aliphatic heterocycles. The van der Waals surface area contributed by atoms with E-state index in [4.69, 9.17) is 0 Å². The summed E-state index contributed by atoms with van der Waals surface area (Å²) in [6.07, 6.45) is 1.82. The van der Waals surface area contributed by atoms with Gasteiger partial charge in [-0.15, -0.1) is 24.8 Å². The summed E-state index contributed by atoms with van der Waals surface area (Å²) in [6, 6.07) is 8.18. The predicted molar refractivity (Wildman–Crippen MR) is 84.9 cm³/mol. The quantitative estimate of drug-likeness (QED) is 0.851. The van der Waals surface area contributed by atoms with Gasteiger partial charge in [-0.2, -0.15) is 0 Å². The number of aryl methyl sites for hydroxylation is 1. The van der Waals surface area contributed by atoms with Crippen molar-refractivity contribution >= 4 is 47.4 Å². The Morgan fingerprint density at radius 1 is 1.21 bits per heavy atom. The fourth-order valence-electron chi connectivity index (χ4n) is 2.04. The summed E-state index contributed by atoms with van der Waals surface area (Å²) in [5, 5.41) is 7.66. The maximum Gasteiger partial charge on any atom is 0.195 e. The fourth-order valence-corrected chi connectivity index (χ4v) is 2.04. The summed E-state index contributed by atoms with van der Waals surface area (Å²) in [6.45, 7) is 3.83. The molecule has 19 heavy (non-hydrogen) atoms. The number of aliphatic imine (C=N–C) groups is 1. The highest BCUT2D eigenvalue weighted by molar-refractivity contribution is 5.98. The lowest BCUT2D eigenvalue weighted by atomic mass is 10.1. The van der Waals surface area contributed by atoms with Crippen LogP contribution in [0.15, 0.2) is 35.5 Å². The number of pyridine rings is 1. The third-order valence-electron chi connectivity index (χ3n) is 2.95. The summed E-state index contributed by atoms with van der Waals surface area (Å²) in [4.78, 5) is 8.74. The molecule has 2 heterocycles. The molecule has 1 aromatic carbocycles. The second-order valence-corrected chi connectivity index (χ2v) is 4.10. The van der Waals surface area contributed by atoms with Crippen molar-refractivity contribution in [3.8, 4) is 0 Å². The Labute approximate surface area is 124 Å². The number of aromatic nitrogens is 1. The molecule has 0 amide bonds. The van der Waals surface area contributed by atoms with Crippen molar-refractivity contribution in [2.75, 3.05) is 18.4 Å². The van der Waals surface area contributed by atoms with E-state index in [1.54, 1.807) is 0 Å². The molecule has 0 saturated carbocycles. The van der Waals surface area contributed by atoms with Crippen LogP contribution in [0.3, 0.4) is 0 Å². The topological polar surface area (TPSA) is 49.3 Å². The Bertz CT molecular complexity index is 598. The lowest BCUT2D eigenvalue weighted by Gasteiger charge is -2.11. The van der Waals surface area contributed by atoms with E-state index < -0.39 is 0 Å². The smallest absolute Gasteiger partial charge is 0.195 e. The van der Waals surface area contributed by atoms with Gasteiger partial charge in [-0.1, -0.05) is 12.1 Å². The first-order chi connectivity index (χ1) is 8.34. The molecular weight excluding hydrogens is 283 g/mol. The van der Waals surface area contributed by atoms with Gasteiger partial charge in [0, 0.05) is 23.8 Å². The second-order valence-electron chi connectivity index (χ2n) is 4.10. The van der Waals surface area contributed by atoms with E-state index >= 15 is 0 Å². The summed E-state index contributed by atoms with van der Waals surface area (Å²) in [5.41, 5.74) is 3.25. The largest absolute Gasteiger partial charge is 0.354 e. The van der Waals surface area contributed by atoms with Gasteiger partial charge in [0.05, 0.1) is 12.1 Å². The fraction of sp³-hybridized carbons (Fsp3) is 0.231. The van der Waals surface area contributed by atoms with Gasteiger partial charge in [-0.3, -0.25) is 9.98 Å². The Balaban J connectivity index is 0.000000902. The second kappa shape index (κ2) is 6.59. The van der Waals surface area contributed by atoms with Gasteiger partial charge in [0.25, 0.3) is 0 Å². The Morgan fingerprint density at radius 3 is 2.79 bits per heavy atom. The summed E-state index contributed by atoms with van der Waals surface area (Å²) >= 11 is 0. The zero-order valence-electron chi connectivity index (χ0n) is 10.5. The van der Waals surface area contributed by atoms with E-state index in [1.165, 1.54) is 0 Å². The molecule has 2 aromatic rings. The van der Waals surface area contributed by atoms with Gasteiger partial charge < -0.3 is 10.6 Å². The minimum Gasteiger partial charge on any atom is -0.354 e. The predicted octanol–water partition coefficient (Wildman–Crippen LogP) is 2.76. The highest BCUT2D eigenvalue weighted by Crippen LogP contribution is 2.23. The Morgan fingerprint density at radius 2 is 2.05 bits per heavy atom. The molecule has 0 unspecified atom stereocenters. The summed E-state index contributed by atoms with van der Waals surface area (Å²) in [5.74, 6) is 0.850. The molecule has 6 heteroatoms. The third kappa shape index (κ3) is 3.08. The van der Waals surface area contributed by atoms with Crippen molar-refractivity contribution in [2.45, 2.75) is 6.92 Å². The number of rotatable bonds is 1. The number of halogens is 2. The first kappa shape index (κ1) is 15.5. The molecule has 3 rings (SSSR count). The van der Waals surface area contributed by atoms with Gasteiger partial charge in [-0.25, -0.2) is 0 Å². The van der Waals surface area contributed by atoms with Crippen LogP contribution in [0.1, 0.15) is 5.56 Å². The Kier molecular flexibility index (Phi) is 5.39. The van der Waals surface area contributed by atoms with Gasteiger partial charge in [0.15, 0.2) is 5.96 Å². The zero-order valence-corrected chi connectivity index (χ0v) is 12.1. The number of hydrogen-bond acceptors (Lipinski definition) is 4.